The first-order valence-electron chi connectivity index (χ1n) is 4.77. The fourth-order valence-electron chi connectivity index (χ4n) is 1.15. The van der Waals surface area contributed by atoms with Crippen molar-refractivity contribution in [3.8, 4) is 0 Å². The third-order valence-electron chi connectivity index (χ3n) is 1.94. The molecule has 6 heteroatoms. The van der Waals surface area contributed by atoms with Crippen LogP contribution in [0.1, 0.15) is 23.6 Å². The highest BCUT2D eigenvalue weighted by atomic mass is 32.2. The second kappa shape index (κ2) is 4.90. The van der Waals surface area contributed by atoms with Gasteiger partial charge in [0.25, 0.3) is 0 Å². The lowest BCUT2D eigenvalue weighted by Crippen LogP contribution is -1.92. The zero-order chi connectivity index (χ0) is 11.5. The topological polar surface area (TPSA) is 58.9 Å². The molecule has 1 atom stereocenters. The van der Waals surface area contributed by atoms with Crippen LogP contribution in [-0.2, 0) is 0 Å². The standard InChI is InChI=1S/C10H11N3OS2/c1-6(14)8-3-4-11-9(5-8)16-10-13-12-7(2)15-10/h3-6,14H,1-2H3. The predicted octanol–water partition coefficient (Wildman–Crippen LogP) is 2.45. The van der Waals surface area contributed by atoms with Crippen LogP contribution in [0, 0.1) is 6.92 Å². The second-order valence-corrected chi connectivity index (χ2v) is 5.74. The number of pyridine rings is 1. The number of rotatable bonds is 3. The molecule has 2 aromatic rings. The molecule has 1 N–H and O–H groups in total. The maximum Gasteiger partial charge on any atom is 0.180 e. The molecule has 4 nitrogen and oxygen atoms in total. The summed E-state index contributed by atoms with van der Waals surface area (Å²) >= 11 is 3.00. The Kier molecular flexibility index (Phi) is 3.52. The minimum atomic E-state index is -0.474. The van der Waals surface area contributed by atoms with Crippen LogP contribution in [0.4, 0.5) is 0 Å². The molecule has 0 radical (unpaired) electrons. The molecular weight excluding hydrogens is 242 g/mol. The van der Waals surface area contributed by atoms with E-state index >= 15 is 0 Å². The zero-order valence-corrected chi connectivity index (χ0v) is 10.5. The summed E-state index contributed by atoms with van der Waals surface area (Å²) in [4.78, 5) is 4.22. The molecule has 0 amide bonds. The Balaban J connectivity index is 2.18. The molecule has 0 saturated carbocycles. The van der Waals surface area contributed by atoms with Crippen molar-refractivity contribution in [2.24, 2.45) is 0 Å². The van der Waals surface area contributed by atoms with E-state index in [1.807, 2.05) is 13.0 Å². The van der Waals surface area contributed by atoms with Crippen LogP contribution in [0.2, 0.25) is 0 Å². The molecule has 0 spiro atoms. The summed E-state index contributed by atoms with van der Waals surface area (Å²) < 4.78 is 0.868. The van der Waals surface area contributed by atoms with E-state index in [0.717, 1.165) is 19.9 Å². The Morgan fingerprint density at radius 1 is 1.44 bits per heavy atom. The summed E-state index contributed by atoms with van der Waals surface area (Å²) in [6.07, 6.45) is 1.22. The molecule has 0 bridgehead atoms. The summed E-state index contributed by atoms with van der Waals surface area (Å²) in [6.45, 7) is 3.65. The minimum absolute atomic E-state index is 0.474. The third kappa shape index (κ3) is 2.78. The summed E-state index contributed by atoms with van der Waals surface area (Å²) in [5, 5.41) is 19.2. The van der Waals surface area contributed by atoms with Crippen LogP contribution in [0.5, 0.6) is 0 Å². The summed E-state index contributed by atoms with van der Waals surface area (Å²) in [6, 6.07) is 3.67. The van der Waals surface area contributed by atoms with E-state index in [-0.39, 0.29) is 0 Å². The van der Waals surface area contributed by atoms with Crippen LogP contribution in [0.3, 0.4) is 0 Å². The number of aliphatic hydroxyl groups is 1. The highest BCUT2D eigenvalue weighted by molar-refractivity contribution is 8.01. The van der Waals surface area contributed by atoms with Gasteiger partial charge in [-0.2, -0.15) is 0 Å². The molecule has 0 saturated heterocycles. The molecule has 2 aromatic heterocycles. The van der Waals surface area contributed by atoms with Crippen molar-refractivity contribution in [2.45, 2.75) is 29.3 Å². The van der Waals surface area contributed by atoms with Crippen molar-refractivity contribution in [1.82, 2.24) is 15.2 Å². The van der Waals surface area contributed by atoms with Gasteiger partial charge in [-0.25, -0.2) is 4.98 Å². The predicted molar refractivity (Wildman–Crippen MR) is 63.6 cm³/mol. The number of nitrogens with zero attached hydrogens (tertiary/aromatic N) is 3. The van der Waals surface area contributed by atoms with E-state index in [1.54, 1.807) is 19.2 Å². The van der Waals surface area contributed by atoms with Gasteiger partial charge >= 0.3 is 0 Å². The lowest BCUT2D eigenvalue weighted by atomic mass is 10.2. The molecule has 2 rings (SSSR count). The van der Waals surface area contributed by atoms with Crippen LogP contribution in [-0.4, -0.2) is 20.3 Å². The number of aliphatic hydroxyl groups excluding tert-OH is 1. The Labute approximate surface area is 102 Å². The van der Waals surface area contributed by atoms with E-state index in [0.29, 0.717) is 0 Å². The maximum atomic E-state index is 9.46. The second-order valence-electron chi connectivity index (χ2n) is 3.29. The maximum absolute atomic E-state index is 9.46. The Hall–Kier alpha value is -0.980. The first-order valence-corrected chi connectivity index (χ1v) is 6.40. The van der Waals surface area contributed by atoms with Gasteiger partial charge in [0.1, 0.15) is 10.0 Å². The molecule has 0 aliphatic rings. The third-order valence-corrected chi connectivity index (χ3v) is 3.76. The quantitative estimate of drug-likeness (QED) is 0.910. The molecule has 0 aromatic carbocycles. The van der Waals surface area contributed by atoms with Crippen molar-refractivity contribution in [2.75, 3.05) is 0 Å². The highest BCUT2D eigenvalue weighted by Gasteiger charge is 2.07. The van der Waals surface area contributed by atoms with Gasteiger partial charge in [-0.15, -0.1) is 10.2 Å². The number of hydrogen-bond acceptors (Lipinski definition) is 6. The van der Waals surface area contributed by atoms with Crippen LogP contribution < -0.4 is 0 Å². The van der Waals surface area contributed by atoms with Gasteiger partial charge in [-0.3, -0.25) is 0 Å². The van der Waals surface area contributed by atoms with Crippen molar-refractivity contribution in [1.29, 1.82) is 0 Å². The average Bonchev–Trinajstić information content (AvgIpc) is 2.64. The van der Waals surface area contributed by atoms with Gasteiger partial charge in [0, 0.05) is 6.20 Å². The van der Waals surface area contributed by atoms with Crippen LogP contribution in [0.15, 0.2) is 27.7 Å². The highest BCUT2D eigenvalue weighted by Crippen LogP contribution is 2.29. The Morgan fingerprint density at radius 3 is 2.88 bits per heavy atom. The molecule has 84 valence electrons. The van der Waals surface area contributed by atoms with E-state index in [4.69, 9.17) is 0 Å². The normalized spacial score (nSPS) is 12.7. The molecule has 1 unspecified atom stereocenters. The molecule has 0 aliphatic carbocycles. The minimum Gasteiger partial charge on any atom is -0.389 e. The molecule has 2 heterocycles. The molecule has 0 aliphatic heterocycles. The van der Waals surface area contributed by atoms with Crippen molar-refractivity contribution in [3.63, 3.8) is 0 Å². The van der Waals surface area contributed by atoms with Gasteiger partial charge in [0.05, 0.1) is 6.10 Å². The fraction of sp³-hybridized carbons (Fsp3) is 0.300. The van der Waals surface area contributed by atoms with Gasteiger partial charge in [0.15, 0.2) is 4.34 Å². The largest absolute Gasteiger partial charge is 0.389 e. The van der Waals surface area contributed by atoms with Crippen molar-refractivity contribution < 1.29 is 5.11 Å². The lowest BCUT2D eigenvalue weighted by molar-refractivity contribution is 0.199. The molecule has 16 heavy (non-hydrogen) atoms. The summed E-state index contributed by atoms with van der Waals surface area (Å²) in [7, 11) is 0. The SMILES string of the molecule is Cc1nnc(Sc2cc(C(C)O)ccn2)s1. The number of aryl methyl sites for hydroxylation is 1. The van der Waals surface area contributed by atoms with Gasteiger partial charge in [-0.05, 0) is 43.3 Å². The summed E-state index contributed by atoms with van der Waals surface area (Å²) in [5.74, 6) is 0. The Bertz CT molecular complexity index is 484. The monoisotopic (exact) mass is 253 g/mol. The van der Waals surface area contributed by atoms with Crippen LogP contribution >= 0.6 is 23.1 Å². The zero-order valence-electron chi connectivity index (χ0n) is 8.91. The fourth-order valence-corrected chi connectivity index (χ4v) is 2.92. The van der Waals surface area contributed by atoms with Gasteiger partial charge < -0.3 is 5.11 Å². The van der Waals surface area contributed by atoms with Gasteiger partial charge in [-0.1, -0.05) is 11.3 Å². The van der Waals surface area contributed by atoms with E-state index in [1.165, 1.54) is 23.1 Å². The lowest BCUT2D eigenvalue weighted by Gasteiger charge is -2.04. The molecule has 0 fully saturated rings. The van der Waals surface area contributed by atoms with E-state index in [2.05, 4.69) is 15.2 Å². The number of aromatic nitrogens is 3. The first kappa shape index (κ1) is 11.5. The summed E-state index contributed by atoms with van der Waals surface area (Å²) in [5.41, 5.74) is 0.860. The van der Waals surface area contributed by atoms with Crippen LogP contribution in [0.25, 0.3) is 0 Å². The Morgan fingerprint density at radius 2 is 2.25 bits per heavy atom. The van der Waals surface area contributed by atoms with E-state index < -0.39 is 6.10 Å². The van der Waals surface area contributed by atoms with Gasteiger partial charge in [0.2, 0.25) is 0 Å². The molecular formula is C10H11N3OS2. The van der Waals surface area contributed by atoms with E-state index in [9.17, 15) is 5.11 Å². The van der Waals surface area contributed by atoms with Crippen molar-refractivity contribution in [3.05, 3.63) is 28.9 Å². The first-order chi connectivity index (χ1) is 7.65. The van der Waals surface area contributed by atoms with Crippen molar-refractivity contribution >= 4 is 23.1 Å². The number of hydrogen-bond donors (Lipinski definition) is 1. The smallest absolute Gasteiger partial charge is 0.180 e. The average molecular weight is 253 g/mol.